The lowest BCUT2D eigenvalue weighted by molar-refractivity contribution is -0.115. The Morgan fingerprint density at radius 1 is 1.18 bits per heavy atom. The third-order valence-corrected chi connectivity index (χ3v) is 3.14. The molecule has 0 aliphatic rings. The summed E-state index contributed by atoms with van der Waals surface area (Å²) in [4.78, 5) is 11.2. The van der Waals surface area contributed by atoms with Crippen LogP contribution in [0.4, 0.5) is 5.69 Å². The van der Waals surface area contributed by atoms with Crippen molar-refractivity contribution in [1.82, 2.24) is 0 Å². The van der Waals surface area contributed by atoms with Crippen LogP contribution in [0.15, 0.2) is 29.2 Å². The van der Waals surface area contributed by atoms with Crippen LogP contribution in [0, 0.1) is 0 Å². The Kier molecular flexibility index (Phi) is 4.27. The number of sulfonamides is 1. The summed E-state index contributed by atoms with van der Waals surface area (Å²) < 4.78 is 19.8. The molecule has 0 heterocycles. The number of hydrogen-bond acceptors (Lipinski definition) is 3. The summed E-state index contributed by atoms with van der Waals surface area (Å²) in [5.41, 5.74) is 0.286. The monoisotopic (exact) mass is 316 g/mol. The Morgan fingerprint density at radius 3 is 2.00 bits per heavy atom. The van der Waals surface area contributed by atoms with Gasteiger partial charge in [0.15, 0.2) is 0 Å². The Labute approximate surface area is 113 Å². The molecule has 17 heavy (non-hydrogen) atoms. The number of alkyl halides is 3. The van der Waals surface area contributed by atoms with Crippen LogP contribution in [-0.2, 0) is 14.8 Å². The fourth-order valence-electron chi connectivity index (χ4n) is 0.930. The molecule has 1 aromatic carbocycles. The number of benzene rings is 1. The van der Waals surface area contributed by atoms with Crippen LogP contribution in [0.25, 0.3) is 0 Å². The van der Waals surface area contributed by atoms with Gasteiger partial charge in [0.05, 0.1) is 4.90 Å². The SMILES string of the molecule is NS(=O)(=O)c1ccc(NC(=O)C(Cl)(Cl)Cl)cc1. The predicted molar refractivity (Wildman–Crippen MR) is 66.7 cm³/mol. The molecule has 0 spiro atoms. The highest BCUT2D eigenvalue weighted by Gasteiger charge is 2.30. The van der Waals surface area contributed by atoms with Crippen LogP contribution >= 0.6 is 34.8 Å². The average Bonchev–Trinajstić information content (AvgIpc) is 2.15. The standard InChI is InChI=1S/C8H7Cl3N2O3S/c9-8(10,11)7(14)13-5-1-3-6(4-2-5)17(12,15)16/h1-4H,(H,13,14)(H2,12,15,16). The lowest BCUT2D eigenvalue weighted by Crippen LogP contribution is -2.26. The van der Waals surface area contributed by atoms with Crippen molar-refractivity contribution >= 4 is 56.4 Å². The average molecular weight is 318 g/mol. The van der Waals surface area contributed by atoms with Crippen LogP contribution in [0.2, 0.25) is 0 Å². The zero-order valence-electron chi connectivity index (χ0n) is 8.15. The minimum absolute atomic E-state index is 0.0793. The van der Waals surface area contributed by atoms with Crippen LogP contribution in [0.1, 0.15) is 0 Å². The Bertz CT molecular complexity index is 522. The number of carbonyl (C=O) groups excluding carboxylic acids is 1. The van der Waals surface area contributed by atoms with Crippen LogP contribution in [0.3, 0.4) is 0 Å². The molecule has 0 fully saturated rings. The van der Waals surface area contributed by atoms with Crippen molar-refractivity contribution in [3.63, 3.8) is 0 Å². The van der Waals surface area contributed by atoms with E-state index in [1.54, 1.807) is 0 Å². The molecular formula is C8H7Cl3N2O3S. The number of rotatable bonds is 2. The molecule has 3 N–H and O–H groups in total. The minimum Gasteiger partial charge on any atom is -0.322 e. The fourth-order valence-corrected chi connectivity index (χ4v) is 1.59. The van der Waals surface area contributed by atoms with Gasteiger partial charge in [0.2, 0.25) is 10.0 Å². The van der Waals surface area contributed by atoms with Crippen LogP contribution in [0.5, 0.6) is 0 Å². The highest BCUT2D eigenvalue weighted by molar-refractivity contribution is 7.89. The van der Waals surface area contributed by atoms with E-state index in [-0.39, 0.29) is 10.6 Å². The first-order chi connectivity index (χ1) is 7.60. The van der Waals surface area contributed by atoms with Gasteiger partial charge in [-0.1, -0.05) is 34.8 Å². The Morgan fingerprint density at radius 2 is 1.65 bits per heavy atom. The summed E-state index contributed by atoms with van der Waals surface area (Å²) in [6.07, 6.45) is 0. The lowest BCUT2D eigenvalue weighted by atomic mass is 10.3. The van der Waals surface area contributed by atoms with Crippen molar-refractivity contribution in [3.05, 3.63) is 24.3 Å². The van der Waals surface area contributed by atoms with Gasteiger partial charge in [0.25, 0.3) is 9.70 Å². The Hall–Kier alpha value is -0.530. The van der Waals surface area contributed by atoms with E-state index in [4.69, 9.17) is 39.9 Å². The number of nitrogens with one attached hydrogen (secondary N) is 1. The predicted octanol–water partition coefficient (Wildman–Crippen LogP) is 1.64. The number of amides is 1. The maximum atomic E-state index is 11.3. The normalized spacial score (nSPS) is 12.2. The van der Waals surface area contributed by atoms with E-state index in [0.717, 1.165) is 0 Å². The van der Waals surface area contributed by atoms with E-state index in [1.165, 1.54) is 24.3 Å². The van der Waals surface area contributed by atoms with E-state index in [2.05, 4.69) is 5.32 Å². The Balaban J connectivity index is 2.87. The van der Waals surface area contributed by atoms with Crippen molar-refractivity contribution in [2.24, 2.45) is 5.14 Å². The summed E-state index contributed by atoms with van der Waals surface area (Å²) in [7, 11) is -3.77. The van der Waals surface area contributed by atoms with Crippen molar-refractivity contribution in [2.75, 3.05) is 5.32 Å². The second-order valence-corrected chi connectivity index (χ2v) is 6.86. The summed E-state index contributed by atoms with van der Waals surface area (Å²) in [6.45, 7) is 0. The number of primary sulfonamides is 1. The third-order valence-electron chi connectivity index (χ3n) is 1.70. The van der Waals surface area contributed by atoms with Gasteiger partial charge >= 0.3 is 0 Å². The highest BCUT2D eigenvalue weighted by Crippen LogP contribution is 2.27. The van der Waals surface area contributed by atoms with Gasteiger partial charge in [-0.25, -0.2) is 13.6 Å². The molecule has 0 aliphatic heterocycles. The van der Waals surface area contributed by atoms with E-state index in [0.29, 0.717) is 0 Å². The van der Waals surface area contributed by atoms with Gasteiger partial charge in [0.1, 0.15) is 0 Å². The molecule has 94 valence electrons. The molecule has 0 unspecified atom stereocenters. The maximum Gasteiger partial charge on any atom is 0.276 e. The fraction of sp³-hybridized carbons (Fsp3) is 0.125. The summed E-state index contributed by atoms with van der Waals surface area (Å²) in [5.74, 6) is -0.842. The van der Waals surface area contributed by atoms with Crippen LogP contribution in [-0.4, -0.2) is 18.1 Å². The molecule has 1 aromatic rings. The van der Waals surface area contributed by atoms with Crippen molar-refractivity contribution in [2.45, 2.75) is 8.69 Å². The van der Waals surface area contributed by atoms with Gasteiger partial charge in [0, 0.05) is 5.69 Å². The molecule has 9 heteroatoms. The number of hydrogen-bond donors (Lipinski definition) is 2. The van der Waals surface area contributed by atoms with E-state index in [1.807, 2.05) is 0 Å². The maximum absolute atomic E-state index is 11.3. The first-order valence-corrected chi connectivity index (χ1v) is 6.80. The molecule has 0 saturated carbocycles. The lowest BCUT2D eigenvalue weighted by Gasteiger charge is -2.11. The molecule has 0 aromatic heterocycles. The smallest absolute Gasteiger partial charge is 0.276 e. The highest BCUT2D eigenvalue weighted by atomic mass is 35.6. The first kappa shape index (κ1) is 14.5. The van der Waals surface area contributed by atoms with Crippen molar-refractivity contribution < 1.29 is 13.2 Å². The topological polar surface area (TPSA) is 89.3 Å². The van der Waals surface area contributed by atoms with E-state index < -0.39 is 19.7 Å². The molecule has 0 aliphatic carbocycles. The van der Waals surface area contributed by atoms with E-state index in [9.17, 15) is 13.2 Å². The molecule has 1 rings (SSSR count). The van der Waals surface area contributed by atoms with Gasteiger partial charge < -0.3 is 5.32 Å². The number of nitrogens with two attached hydrogens (primary N) is 1. The third kappa shape index (κ3) is 4.33. The second-order valence-electron chi connectivity index (χ2n) is 3.02. The number of halogens is 3. The molecule has 0 saturated heterocycles. The molecule has 0 radical (unpaired) electrons. The minimum atomic E-state index is -3.77. The van der Waals surface area contributed by atoms with Crippen molar-refractivity contribution in [1.29, 1.82) is 0 Å². The molecule has 5 nitrogen and oxygen atoms in total. The van der Waals surface area contributed by atoms with Crippen molar-refractivity contribution in [3.8, 4) is 0 Å². The van der Waals surface area contributed by atoms with Gasteiger partial charge in [-0.05, 0) is 24.3 Å². The molecule has 0 atom stereocenters. The number of anilines is 1. The summed E-state index contributed by atoms with van der Waals surface area (Å²) >= 11 is 16.0. The zero-order chi connectivity index (χ0) is 13.3. The number of carbonyl (C=O) groups is 1. The van der Waals surface area contributed by atoms with Crippen LogP contribution < -0.4 is 10.5 Å². The van der Waals surface area contributed by atoms with Gasteiger partial charge in [-0.2, -0.15) is 0 Å². The first-order valence-electron chi connectivity index (χ1n) is 4.12. The largest absolute Gasteiger partial charge is 0.322 e. The zero-order valence-corrected chi connectivity index (χ0v) is 11.2. The summed E-state index contributed by atoms with van der Waals surface area (Å²) in [5, 5.41) is 7.19. The second kappa shape index (κ2) is 4.99. The summed E-state index contributed by atoms with van der Waals surface area (Å²) in [6, 6.07) is 5.11. The van der Waals surface area contributed by atoms with Gasteiger partial charge in [-0.3, -0.25) is 4.79 Å². The molecular weight excluding hydrogens is 311 g/mol. The van der Waals surface area contributed by atoms with E-state index >= 15 is 0 Å². The molecule has 1 amide bonds. The quantitative estimate of drug-likeness (QED) is 0.813. The van der Waals surface area contributed by atoms with Gasteiger partial charge in [-0.15, -0.1) is 0 Å². The molecule has 0 bridgehead atoms.